The molecule has 366 valence electrons. The maximum absolute atomic E-state index is 13.5. The van der Waals surface area contributed by atoms with E-state index in [0.29, 0.717) is 11.4 Å². The first-order chi connectivity index (χ1) is 33.3. The van der Waals surface area contributed by atoms with Crippen LogP contribution in [0.3, 0.4) is 0 Å². The third-order valence-electron chi connectivity index (χ3n) is 9.65. The Morgan fingerprint density at radius 1 is 0.690 bits per heavy atom. The molecule has 0 radical (unpaired) electrons. The number of aromatic carboxylic acids is 2. The highest BCUT2D eigenvalue weighted by molar-refractivity contribution is 7.89. The van der Waals surface area contributed by atoms with E-state index in [1.54, 1.807) is 0 Å². The number of azo groups is 2. The van der Waals surface area contributed by atoms with E-state index in [1.165, 1.54) is 49.4 Å². The van der Waals surface area contributed by atoms with E-state index < -0.39 is 87.1 Å². The number of anilines is 2. The summed E-state index contributed by atoms with van der Waals surface area (Å²) in [4.78, 5) is 51.0. The largest absolute Gasteiger partial charge is 0.507 e. The summed E-state index contributed by atoms with van der Waals surface area (Å²) in [7, 11) is -13.0. The fourth-order valence-electron chi connectivity index (χ4n) is 6.19. The number of carbonyl (C=O) groups is 4. The van der Waals surface area contributed by atoms with Crippen molar-refractivity contribution in [3.05, 3.63) is 131 Å². The molecule has 0 aromatic heterocycles. The maximum atomic E-state index is 13.5. The Labute approximate surface area is 401 Å². The molecule has 0 fully saturated rings. The van der Waals surface area contributed by atoms with Gasteiger partial charge >= 0.3 is 11.9 Å². The van der Waals surface area contributed by atoms with Gasteiger partial charge in [-0.25, -0.2) is 27.7 Å². The van der Waals surface area contributed by atoms with Crippen LogP contribution in [0.2, 0.25) is 0 Å². The number of hydrogen-bond donors (Lipinski definition) is 8. The number of sulfonamides is 1. The summed E-state index contributed by atoms with van der Waals surface area (Å²) in [6.45, 7) is 1.37. The number of phenols is 1. The quantitative estimate of drug-likeness (QED) is 0.0124. The van der Waals surface area contributed by atoms with Gasteiger partial charge in [0.2, 0.25) is 21.8 Å². The number of hydrogen-bond acceptors (Lipinski definition) is 17. The third kappa shape index (κ3) is 12.7. The van der Waals surface area contributed by atoms with Crippen molar-refractivity contribution >= 4 is 112 Å². The SMILES string of the molecule is CNS(=O)(=O)c1ccc(N=NC2C(=O)N(c3ccc(C=Cc4ccc(N=C(O)C=CC(=O)Nc5ccc(N=Nc6ccc(O)c(C(=O)O)c6)cc5)cc4S(=O)(=O)O)c(S(=O)(=O)O)c3)N=C2C)c(C(=O)O)c1. The number of hydrazone groups is 1. The van der Waals surface area contributed by atoms with Gasteiger partial charge in [0.15, 0.2) is 6.04 Å². The summed E-state index contributed by atoms with van der Waals surface area (Å²) in [5.41, 5.74) is -1.29. The smallest absolute Gasteiger partial charge is 0.339 e. The highest BCUT2D eigenvalue weighted by atomic mass is 32.2. The van der Waals surface area contributed by atoms with Crippen molar-refractivity contribution in [2.24, 2.45) is 30.6 Å². The van der Waals surface area contributed by atoms with Gasteiger partial charge < -0.3 is 25.7 Å². The molecule has 0 saturated heterocycles. The van der Waals surface area contributed by atoms with Gasteiger partial charge in [-0.3, -0.25) is 18.7 Å². The molecule has 1 unspecified atom stereocenters. The van der Waals surface area contributed by atoms with Gasteiger partial charge in [0.05, 0.1) is 44.6 Å². The summed E-state index contributed by atoms with van der Waals surface area (Å²) < 4.78 is 96.7. The second-order valence-electron chi connectivity index (χ2n) is 14.5. The summed E-state index contributed by atoms with van der Waals surface area (Å²) in [6.07, 6.45) is 3.92. The first-order valence-electron chi connectivity index (χ1n) is 19.7. The average Bonchev–Trinajstić information content (AvgIpc) is 3.60. The van der Waals surface area contributed by atoms with Crippen molar-refractivity contribution in [3.63, 3.8) is 0 Å². The van der Waals surface area contributed by atoms with E-state index in [4.69, 9.17) is 5.11 Å². The minimum atomic E-state index is -5.07. The normalized spacial score (nSPS) is 14.8. The van der Waals surface area contributed by atoms with Crippen LogP contribution >= 0.6 is 0 Å². The predicted molar refractivity (Wildman–Crippen MR) is 253 cm³/mol. The number of aliphatic hydroxyl groups excluding tert-OH is 1. The molecule has 28 heteroatoms. The van der Waals surface area contributed by atoms with Crippen molar-refractivity contribution < 1.29 is 74.0 Å². The van der Waals surface area contributed by atoms with E-state index in [2.05, 4.69) is 40.6 Å². The van der Waals surface area contributed by atoms with Gasteiger partial charge in [-0.1, -0.05) is 24.3 Å². The molecule has 2 amide bonds. The van der Waals surface area contributed by atoms with Crippen LogP contribution in [0, 0.1) is 0 Å². The van der Waals surface area contributed by atoms with E-state index in [-0.39, 0.29) is 50.0 Å². The standard InChI is InChI=1S/C43H35N9O16S3/c1-23-40(50-49-34-15-14-31(69(61,62)44-2)22-32(34)42(57)58)41(56)52(51-23)30-13-6-25(37(21-30)71(66,67)68)4-3-24-5-7-28(20-36(24)70(63,64)65)46-39(55)18-17-38(54)45-26-8-10-27(11-9-26)47-48-29-12-16-35(53)33(19-29)43(59)60/h3-22,40,44,53H,1-2H3,(H,45,54)(H,46,55)(H,57,58)(H,59,60)(H,63,64,65)(H,66,67,68). The lowest BCUT2D eigenvalue weighted by atomic mass is 10.1. The van der Waals surface area contributed by atoms with Crippen LogP contribution in [-0.4, -0.2) is 103 Å². The van der Waals surface area contributed by atoms with E-state index in [0.717, 1.165) is 91.0 Å². The zero-order valence-electron chi connectivity index (χ0n) is 36.2. The minimum absolute atomic E-state index is 0.0263. The molecule has 5 aromatic carbocycles. The number of amides is 2. The molecule has 5 aromatic rings. The van der Waals surface area contributed by atoms with Gasteiger partial charge in [-0.2, -0.15) is 47.4 Å². The molecule has 6 rings (SSSR count). The number of aromatic hydroxyl groups is 1. The van der Waals surface area contributed by atoms with E-state index >= 15 is 0 Å². The second-order valence-corrected chi connectivity index (χ2v) is 19.1. The number of carboxylic acids is 2. The minimum Gasteiger partial charge on any atom is -0.507 e. The fourth-order valence-corrected chi connectivity index (χ4v) is 8.35. The Morgan fingerprint density at radius 3 is 1.90 bits per heavy atom. The highest BCUT2D eigenvalue weighted by Crippen LogP contribution is 2.32. The predicted octanol–water partition coefficient (Wildman–Crippen LogP) is 6.43. The highest BCUT2D eigenvalue weighted by Gasteiger charge is 2.36. The van der Waals surface area contributed by atoms with Gasteiger partial charge in [-0.15, -0.1) is 0 Å². The molecule has 1 aliphatic heterocycles. The summed E-state index contributed by atoms with van der Waals surface area (Å²) in [5, 5.41) is 61.9. The first-order valence-corrected chi connectivity index (χ1v) is 24.1. The summed E-state index contributed by atoms with van der Waals surface area (Å²) in [6, 6.07) is 17.5. The van der Waals surface area contributed by atoms with Gasteiger partial charge in [0, 0.05) is 17.8 Å². The van der Waals surface area contributed by atoms with Crippen LogP contribution < -0.4 is 15.0 Å². The van der Waals surface area contributed by atoms with Crippen LogP contribution in [0.4, 0.5) is 34.1 Å². The number of aliphatic imine (C=N–C) groups is 1. The van der Waals surface area contributed by atoms with Gasteiger partial charge in [-0.05, 0) is 110 Å². The number of nitrogens with zero attached hydrogens (tertiary/aromatic N) is 7. The number of benzene rings is 5. The summed E-state index contributed by atoms with van der Waals surface area (Å²) in [5.74, 6) is -5.72. The zero-order valence-corrected chi connectivity index (χ0v) is 38.7. The number of nitrogens with one attached hydrogen (secondary N) is 2. The first kappa shape index (κ1) is 51.7. The molecule has 25 nitrogen and oxygen atoms in total. The Morgan fingerprint density at radius 2 is 1.28 bits per heavy atom. The number of carboxylic acid groups (broad SMARTS) is 2. The number of carbonyl (C=O) groups excluding carboxylic acids is 2. The van der Waals surface area contributed by atoms with Crippen molar-refractivity contribution in [2.75, 3.05) is 17.4 Å². The van der Waals surface area contributed by atoms with Gasteiger partial charge in [0.25, 0.3) is 26.1 Å². The van der Waals surface area contributed by atoms with Crippen LogP contribution in [-0.2, 0) is 39.8 Å². The zero-order chi connectivity index (χ0) is 52.0. The van der Waals surface area contributed by atoms with Crippen LogP contribution in [0.25, 0.3) is 12.2 Å². The molecular weight excluding hydrogens is 995 g/mol. The molecule has 1 heterocycles. The molecule has 71 heavy (non-hydrogen) atoms. The van der Waals surface area contributed by atoms with E-state index in [1.807, 2.05) is 0 Å². The van der Waals surface area contributed by atoms with Crippen LogP contribution in [0.1, 0.15) is 38.8 Å². The van der Waals surface area contributed by atoms with Crippen molar-refractivity contribution in [2.45, 2.75) is 27.7 Å². The number of aliphatic hydroxyl groups is 1. The fraction of sp³-hybridized carbons (Fsp3) is 0.0698. The Kier molecular flexibility index (Phi) is 15.2. The topological polar surface area (TPSA) is 394 Å². The van der Waals surface area contributed by atoms with Gasteiger partial charge in [0.1, 0.15) is 21.1 Å². The van der Waals surface area contributed by atoms with Crippen molar-refractivity contribution in [3.8, 4) is 5.75 Å². The van der Waals surface area contributed by atoms with Crippen molar-refractivity contribution in [1.29, 1.82) is 0 Å². The molecular formula is C43H35N9O16S3. The van der Waals surface area contributed by atoms with Crippen LogP contribution in [0.15, 0.2) is 154 Å². The van der Waals surface area contributed by atoms with Crippen LogP contribution in [0.5, 0.6) is 5.75 Å². The maximum Gasteiger partial charge on any atom is 0.339 e. The lowest BCUT2D eigenvalue weighted by Gasteiger charge is -2.14. The molecule has 0 aliphatic carbocycles. The van der Waals surface area contributed by atoms with Crippen molar-refractivity contribution in [1.82, 2.24) is 4.72 Å². The summed E-state index contributed by atoms with van der Waals surface area (Å²) >= 11 is 0. The molecule has 1 aliphatic rings. The second kappa shape index (κ2) is 20.9. The number of rotatable bonds is 17. The van der Waals surface area contributed by atoms with E-state index in [9.17, 15) is 68.9 Å². The molecule has 1 atom stereocenters. The molecule has 0 spiro atoms. The third-order valence-corrected chi connectivity index (χ3v) is 12.9. The molecule has 0 bridgehead atoms. The Hall–Kier alpha value is -8.67. The molecule has 0 saturated carbocycles. The Bertz CT molecular complexity index is 3560. The monoisotopic (exact) mass is 1030 g/mol. The lowest BCUT2D eigenvalue weighted by molar-refractivity contribution is -0.118. The molecule has 8 N–H and O–H groups in total. The lowest BCUT2D eigenvalue weighted by Crippen LogP contribution is -2.29. The average molecular weight is 1030 g/mol. The Balaban J connectivity index is 1.15.